The fraction of sp³-hybridized carbons (Fsp3) is 0.467. The Morgan fingerprint density at radius 2 is 2.11 bits per heavy atom. The van der Waals surface area contributed by atoms with Crippen molar-refractivity contribution >= 4 is 0 Å². The summed E-state index contributed by atoms with van der Waals surface area (Å²) in [7, 11) is 0. The minimum atomic E-state index is -0.636. The van der Waals surface area contributed by atoms with Crippen LogP contribution in [0.4, 0.5) is 0 Å². The van der Waals surface area contributed by atoms with Crippen LogP contribution in [0.2, 0.25) is 0 Å². The second-order valence-corrected chi connectivity index (χ2v) is 4.76. The molecule has 0 saturated carbocycles. The molecule has 1 aromatic carbocycles. The van der Waals surface area contributed by atoms with E-state index < -0.39 is 12.4 Å². The van der Waals surface area contributed by atoms with Gasteiger partial charge >= 0.3 is 0 Å². The van der Waals surface area contributed by atoms with Crippen molar-refractivity contribution in [1.82, 2.24) is 0 Å². The summed E-state index contributed by atoms with van der Waals surface area (Å²) in [4.78, 5) is 0. The van der Waals surface area contributed by atoms with Gasteiger partial charge in [-0.1, -0.05) is 42.0 Å². The molecule has 0 amide bonds. The van der Waals surface area contributed by atoms with Crippen molar-refractivity contribution in [2.45, 2.75) is 31.8 Å². The van der Waals surface area contributed by atoms with Crippen LogP contribution in [0.3, 0.4) is 0 Å². The molecule has 1 aliphatic rings. The first-order valence-corrected chi connectivity index (χ1v) is 6.47. The molecule has 104 valence electrons. The van der Waals surface area contributed by atoms with Gasteiger partial charge in [-0.25, -0.2) is 0 Å². The van der Waals surface area contributed by atoms with Gasteiger partial charge in [0.15, 0.2) is 6.29 Å². The van der Waals surface area contributed by atoms with Crippen LogP contribution in [0.1, 0.15) is 25.2 Å². The molecular formula is C15H20O4. The first-order chi connectivity index (χ1) is 9.20. The number of aliphatic hydroxyl groups excluding tert-OH is 2. The zero-order chi connectivity index (χ0) is 13.7. The number of aliphatic hydroxyl groups is 2. The van der Waals surface area contributed by atoms with Gasteiger partial charge < -0.3 is 19.7 Å². The third-order valence-electron chi connectivity index (χ3n) is 3.17. The Balaban J connectivity index is 2.00. The molecule has 1 saturated heterocycles. The van der Waals surface area contributed by atoms with E-state index in [0.29, 0.717) is 6.42 Å². The van der Waals surface area contributed by atoms with Crippen LogP contribution in [0.25, 0.3) is 0 Å². The van der Waals surface area contributed by atoms with Crippen LogP contribution in [-0.2, 0) is 9.47 Å². The topological polar surface area (TPSA) is 58.9 Å². The van der Waals surface area contributed by atoms with Gasteiger partial charge in [0.25, 0.3) is 0 Å². The highest BCUT2D eigenvalue weighted by Gasteiger charge is 2.30. The summed E-state index contributed by atoms with van der Waals surface area (Å²) in [6.07, 6.45) is 1.09. The Morgan fingerprint density at radius 3 is 2.79 bits per heavy atom. The summed E-state index contributed by atoms with van der Waals surface area (Å²) < 4.78 is 11.3. The molecule has 0 bridgehead atoms. The molecule has 0 aromatic heterocycles. The van der Waals surface area contributed by atoms with Crippen molar-refractivity contribution in [3.63, 3.8) is 0 Å². The Morgan fingerprint density at radius 1 is 1.37 bits per heavy atom. The minimum Gasteiger partial charge on any atom is -0.392 e. The summed E-state index contributed by atoms with van der Waals surface area (Å²) in [5.74, 6) is 0. The lowest BCUT2D eigenvalue weighted by Gasteiger charge is -2.33. The van der Waals surface area contributed by atoms with E-state index in [1.54, 1.807) is 0 Å². The molecule has 1 aliphatic heterocycles. The molecule has 0 unspecified atom stereocenters. The highest BCUT2D eigenvalue weighted by Crippen LogP contribution is 2.28. The van der Waals surface area contributed by atoms with Crippen molar-refractivity contribution < 1.29 is 19.7 Å². The van der Waals surface area contributed by atoms with E-state index >= 15 is 0 Å². The van der Waals surface area contributed by atoms with E-state index in [9.17, 15) is 5.11 Å². The van der Waals surface area contributed by atoms with E-state index in [-0.39, 0.29) is 19.3 Å². The Bertz CT molecular complexity index is 415. The van der Waals surface area contributed by atoms with Gasteiger partial charge in [0, 0.05) is 5.56 Å². The zero-order valence-corrected chi connectivity index (χ0v) is 11.0. The van der Waals surface area contributed by atoms with Crippen molar-refractivity contribution in [3.05, 3.63) is 47.5 Å². The molecule has 2 rings (SSSR count). The van der Waals surface area contributed by atoms with Gasteiger partial charge in [0.1, 0.15) is 6.10 Å². The van der Waals surface area contributed by atoms with Crippen molar-refractivity contribution in [3.8, 4) is 0 Å². The van der Waals surface area contributed by atoms with Crippen LogP contribution in [0.5, 0.6) is 0 Å². The molecular weight excluding hydrogens is 244 g/mol. The second kappa shape index (κ2) is 6.82. The summed E-state index contributed by atoms with van der Waals surface area (Å²) in [5, 5.41) is 18.8. The summed E-state index contributed by atoms with van der Waals surface area (Å²) >= 11 is 0. The molecule has 4 nitrogen and oxygen atoms in total. The van der Waals surface area contributed by atoms with Gasteiger partial charge in [-0.3, -0.25) is 0 Å². The van der Waals surface area contributed by atoms with Crippen LogP contribution in [0.15, 0.2) is 42.0 Å². The smallest absolute Gasteiger partial charge is 0.184 e. The monoisotopic (exact) mass is 264 g/mol. The molecule has 1 heterocycles. The number of hydrogen-bond acceptors (Lipinski definition) is 4. The lowest BCUT2D eigenvalue weighted by molar-refractivity contribution is -0.255. The third kappa shape index (κ3) is 3.88. The third-order valence-corrected chi connectivity index (χ3v) is 3.17. The van der Waals surface area contributed by atoms with Crippen LogP contribution in [-0.4, -0.2) is 35.6 Å². The van der Waals surface area contributed by atoms with E-state index in [1.807, 2.05) is 43.3 Å². The molecule has 3 atom stereocenters. The summed E-state index contributed by atoms with van der Waals surface area (Å²) in [5.41, 5.74) is 1.82. The van der Waals surface area contributed by atoms with E-state index in [0.717, 1.165) is 11.1 Å². The normalized spacial score (nSPS) is 28.4. The lowest BCUT2D eigenvalue weighted by Crippen LogP contribution is -2.40. The number of ether oxygens (including phenoxy) is 2. The molecule has 2 N–H and O–H groups in total. The maximum absolute atomic E-state index is 9.88. The lowest BCUT2D eigenvalue weighted by atomic mass is 10.1. The van der Waals surface area contributed by atoms with E-state index in [4.69, 9.17) is 14.6 Å². The fourth-order valence-corrected chi connectivity index (χ4v) is 1.96. The molecule has 1 fully saturated rings. The fourth-order valence-electron chi connectivity index (χ4n) is 1.96. The first-order valence-electron chi connectivity index (χ1n) is 6.47. The highest BCUT2D eigenvalue weighted by molar-refractivity contribution is 5.16. The van der Waals surface area contributed by atoms with Gasteiger partial charge in [0.2, 0.25) is 0 Å². The predicted molar refractivity (Wildman–Crippen MR) is 71.5 cm³/mol. The highest BCUT2D eigenvalue weighted by atomic mass is 16.7. The minimum absolute atomic E-state index is 0.0292. The maximum atomic E-state index is 9.88. The van der Waals surface area contributed by atoms with Crippen LogP contribution < -0.4 is 0 Å². The summed E-state index contributed by atoms with van der Waals surface area (Å²) in [6.45, 7) is 2.14. The molecule has 0 radical (unpaired) electrons. The van der Waals surface area contributed by atoms with Gasteiger partial charge in [-0.05, 0) is 13.3 Å². The molecule has 19 heavy (non-hydrogen) atoms. The van der Waals surface area contributed by atoms with E-state index in [1.165, 1.54) is 0 Å². The van der Waals surface area contributed by atoms with Crippen molar-refractivity contribution in [1.29, 1.82) is 0 Å². The molecule has 4 heteroatoms. The number of rotatable bonds is 4. The van der Waals surface area contributed by atoms with Crippen molar-refractivity contribution in [2.24, 2.45) is 0 Å². The van der Waals surface area contributed by atoms with Crippen LogP contribution in [0, 0.1) is 0 Å². The number of benzene rings is 1. The second-order valence-electron chi connectivity index (χ2n) is 4.76. The predicted octanol–water partition coefficient (Wildman–Crippen LogP) is 1.79. The number of hydrogen-bond donors (Lipinski definition) is 2. The summed E-state index contributed by atoms with van der Waals surface area (Å²) in [6, 6.07) is 9.67. The SMILES string of the molecule is C/C(=C\C[C@@H]1O[C@H](c2ccccc2)OC[C@H]1O)CO. The molecule has 1 aromatic rings. The largest absolute Gasteiger partial charge is 0.392 e. The van der Waals surface area contributed by atoms with Gasteiger partial charge in [-0.2, -0.15) is 0 Å². The van der Waals surface area contributed by atoms with Gasteiger partial charge in [0.05, 0.1) is 19.3 Å². The standard InChI is InChI=1S/C15H20O4/c1-11(9-16)7-8-14-13(17)10-18-15(19-14)12-5-3-2-4-6-12/h2-7,13-17H,8-10H2,1H3/b11-7+/t13-,14+,15-/m1/s1. The van der Waals surface area contributed by atoms with Crippen molar-refractivity contribution in [2.75, 3.05) is 13.2 Å². The Labute approximate surface area is 113 Å². The Kier molecular flexibility index (Phi) is 5.10. The molecule has 0 aliphatic carbocycles. The maximum Gasteiger partial charge on any atom is 0.184 e. The zero-order valence-electron chi connectivity index (χ0n) is 11.0. The first kappa shape index (κ1) is 14.2. The Hall–Kier alpha value is -1.20. The van der Waals surface area contributed by atoms with Crippen LogP contribution >= 0.6 is 0 Å². The molecule has 0 spiro atoms. The average molecular weight is 264 g/mol. The van der Waals surface area contributed by atoms with Gasteiger partial charge in [-0.15, -0.1) is 0 Å². The average Bonchev–Trinajstić information content (AvgIpc) is 2.47. The quantitative estimate of drug-likeness (QED) is 0.814. The van der Waals surface area contributed by atoms with E-state index in [2.05, 4.69) is 0 Å².